The van der Waals surface area contributed by atoms with E-state index in [-0.39, 0.29) is 0 Å². The van der Waals surface area contributed by atoms with E-state index in [0.29, 0.717) is 5.41 Å². The molecule has 1 aliphatic carbocycles. The Morgan fingerprint density at radius 1 is 0.571 bits per heavy atom. The first-order valence-corrected chi connectivity index (χ1v) is 13.1. The molecule has 0 bridgehead atoms. The largest absolute Gasteiger partial charge is 0.0683 e. The molecule has 0 spiro atoms. The van der Waals surface area contributed by atoms with Crippen LogP contribution in [0.4, 0.5) is 0 Å². The quantitative estimate of drug-likeness (QED) is 0.401. The van der Waals surface area contributed by atoms with Crippen LogP contribution in [0.5, 0.6) is 0 Å². The maximum Gasteiger partial charge on any atom is -0.0411 e. The molecular weight excluding hydrogens is 336 g/mol. The summed E-state index contributed by atoms with van der Waals surface area (Å²) in [7, 11) is 0. The van der Waals surface area contributed by atoms with Crippen LogP contribution in [-0.4, -0.2) is 0 Å². The summed E-state index contributed by atoms with van der Waals surface area (Å²) < 4.78 is 0. The van der Waals surface area contributed by atoms with Crippen LogP contribution in [-0.2, 0) is 0 Å². The Hall–Kier alpha value is 0. The molecule has 28 heavy (non-hydrogen) atoms. The van der Waals surface area contributed by atoms with Gasteiger partial charge in [0.2, 0.25) is 0 Å². The Kier molecular flexibility index (Phi) is 52.0. The third-order valence-corrected chi connectivity index (χ3v) is 3.60. The molecule has 0 atom stereocenters. The average Bonchev–Trinajstić information content (AvgIpc) is 2.65. The highest BCUT2D eigenvalue weighted by Crippen LogP contribution is 2.22. The van der Waals surface area contributed by atoms with Crippen LogP contribution in [0.15, 0.2) is 0 Å². The standard InChI is InChI=1S/C7H14.C7H16.C5H12.C4H10.C3H8.C2H6/c1-7-5-3-2-4-6-7;1-3-5-7-6-4-2;1-5(2,3)4;1-3-4-2;1-3-2;1-2/h7H,2-6H2,1H3;3-7H2,1-2H3;1-4H3;3-4H2,1-2H3;3H2,1-2H3;1-2H3. The predicted octanol–water partition coefficient (Wildman–Crippen LogP) is 11.9. The molecule has 0 saturated heterocycles. The van der Waals surface area contributed by atoms with Crippen molar-refractivity contribution in [2.75, 3.05) is 0 Å². The van der Waals surface area contributed by atoms with Gasteiger partial charge in [0.1, 0.15) is 0 Å². The van der Waals surface area contributed by atoms with Gasteiger partial charge in [-0.3, -0.25) is 0 Å². The minimum atomic E-state index is 0.500. The van der Waals surface area contributed by atoms with Gasteiger partial charge >= 0.3 is 0 Å². The van der Waals surface area contributed by atoms with E-state index in [4.69, 9.17) is 0 Å². The molecule has 0 heteroatoms. The lowest BCUT2D eigenvalue weighted by Crippen LogP contribution is -1.99. The van der Waals surface area contributed by atoms with Gasteiger partial charge in [-0.05, 0) is 11.3 Å². The van der Waals surface area contributed by atoms with Crippen LogP contribution >= 0.6 is 0 Å². The zero-order valence-corrected chi connectivity index (χ0v) is 23.3. The van der Waals surface area contributed by atoms with Crippen molar-refractivity contribution in [2.45, 2.75) is 173 Å². The van der Waals surface area contributed by atoms with Crippen molar-refractivity contribution in [3.63, 3.8) is 0 Å². The van der Waals surface area contributed by atoms with Gasteiger partial charge in [0, 0.05) is 0 Å². The molecule has 0 aromatic heterocycles. The molecule has 0 radical (unpaired) electrons. The molecule has 0 unspecified atom stereocenters. The lowest BCUT2D eigenvalue weighted by molar-refractivity contribution is 0.385. The number of hydrogen-bond donors (Lipinski definition) is 0. The number of unbranched alkanes of at least 4 members (excludes halogenated alkanes) is 5. The predicted molar refractivity (Wildman–Crippen MR) is 140 cm³/mol. The highest BCUT2D eigenvalue weighted by molar-refractivity contribution is 4.59. The molecule has 0 N–H and O–H groups in total. The minimum Gasteiger partial charge on any atom is -0.0683 e. The maximum atomic E-state index is 2.36. The van der Waals surface area contributed by atoms with Crippen molar-refractivity contribution in [3.8, 4) is 0 Å². The summed E-state index contributed by atoms with van der Waals surface area (Å²) in [5, 5.41) is 0. The lowest BCUT2D eigenvalue weighted by atomic mass is 9.91. The Balaban J connectivity index is -0.0000000795. The summed E-state index contributed by atoms with van der Waals surface area (Å²) in [6.07, 6.45) is 18.3. The van der Waals surface area contributed by atoms with Crippen LogP contribution in [0.2, 0.25) is 0 Å². The van der Waals surface area contributed by atoms with Crippen LogP contribution in [0, 0.1) is 11.3 Å². The van der Waals surface area contributed by atoms with Crippen molar-refractivity contribution >= 4 is 0 Å². The first kappa shape index (κ1) is 38.6. The Morgan fingerprint density at radius 3 is 1.00 bits per heavy atom. The maximum absolute atomic E-state index is 2.36. The first-order valence-electron chi connectivity index (χ1n) is 13.1. The molecule has 1 saturated carbocycles. The van der Waals surface area contributed by atoms with Gasteiger partial charge < -0.3 is 0 Å². The molecule has 1 fully saturated rings. The molecule has 0 amide bonds. The van der Waals surface area contributed by atoms with Crippen LogP contribution in [0.1, 0.15) is 173 Å². The molecule has 178 valence electrons. The third kappa shape index (κ3) is 96.2. The summed E-state index contributed by atoms with van der Waals surface area (Å²) in [5.41, 5.74) is 0.500. The van der Waals surface area contributed by atoms with Gasteiger partial charge in [-0.2, -0.15) is 0 Å². The molecular formula is C28H66. The second-order valence-corrected chi connectivity index (χ2v) is 9.51. The van der Waals surface area contributed by atoms with Gasteiger partial charge in [-0.1, -0.05) is 173 Å². The Morgan fingerprint density at radius 2 is 0.857 bits per heavy atom. The zero-order valence-electron chi connectivity index (χ0n) is 23.3. The summed E-state index contributed by atoms with van der Waals surface area (Å²) in [4.78, 5) is 0. The van der Waals surface area contributed by atoms with Crippen LogP contribution in [0.3, 0.4) is 0 Å². The highest BCUT2D eigenvalue weighted by Gasteiger charge is 2.05. The van der Waals surface area contributed by atoms with E-state index in [9.17, 15) is 0 Å². The average molecular weight is 403 g/mol. The van der Waals surface area contributed by atoms with Crippen LogP contribution < -0.4 is 0 Å². The number of hydrogen-bond acceptors (Lipinski definition) is 0. The lowest BCUT2D eigenvalue weighted by Gasteiger charge is -2.15. The first-order chi connectivity index (χ1) is 13.1. The van der Waals surface area contributed by atoms with Gasteiger partial charge in [0.25, 0.3) is 0 Å². The fourth-order valence-electron chi connectivity index (χ4n) is 1.98. The zero-order chi connectivity index (χ0) is 23.3. The molecule has 0 nitrogen and oxygen atoms in total. The van der Waals surface area contributed by atoms with Crippen molar-refractivity contribution in [2.24, 2.45) is 11.3 Å². The summed E-state index contributed by atoms with van der Waals surface area (Å²) >= 11 is 0. The van der Waals surface area contributed by atoms with Crippen molar-refractivity contribution < 1.29 is 0 Å². The summed E-state index contributed by atoms with van der Waals surface area (Å²) in [6.45, 7) is 28.2. The van der Waals surface area contributed by atoms with Gasteiger partial charge in [0.05, 0.1) is 0 Å². The van der Waals surface area contributed by atoms with Gasteiger partial charge in [0.15, 0.2) is 0 Å². The summed E-state index contributed by atoms with van der Waals surface area (Å²) in [5.74, 6) is 1.04. The van der Waals surface area contributed by atoms with E-state index in [1.54, 1.807) is 0 Å². The van der Waals surface area contributed by atoms with E-state index < -0.39 is 0 Å². The summed E-state index contributed by atoms with van der Waals surface area (Å²) in [6, 6.07) is 0. The normalized spacial score (nSPS) is 12.8. The smallest absolute Gasteiger partial charge is 0.0411 e. The van der Waals surface area contributed by atoms with E-state index in [1.165, 1.54) is 83.5 Å². The highest BCUT2D eigenvalue weighted by atomic mass is 14.1. The van der Waals surface area contributed by atoms with E-state index in [1.807, 2.05) is 13.8 Å². The molecule has 1 rings (SSSR count). The fraction of sp³-hybridized carbons (Fsp3) is 1.00. The van der Waals surface area contributed by atoms with E-state index >= 15 is 0 Å². The second-order valence-electron chi connectivity index (χ2n) is 9.51. The van der Waals surface area contributed by atoms with Crippen molar-refractivity contribution in [1.29, 1.82) is 0 Å². The van der Waals surface area contributed by atoms with E-state index in [0.717, 1.165) is 5.92 Å². The van der Waals surface area contributed by atoms with Crippen molar-refractivity contribution in [1.82, 2.24) is 0 Å². The topological polar surface area (TPSA) is 0 Å². The minimum absolute atomic E-state index is 0.500. The second kappa shape index (κ2) is 37.7. The van der Waals surface area contributed by atoms with Crippen LogP contribution in [0.25, 0.3) is 0 Å². The SMILES string of the molecule is CC.CC(C)(C)C.CC1CCCCC1.CCC.CCCC.CCCCCCC. The van der Waals surface area contributed by atoms with Gasteiger partial charge in [-0.25, -0.2) is 0 Å². The Labute approximate surface area is 185 Å². The molecule has 1 aliphatic rings. The van der Waals surface area contributed by atoms with Gasteiger partial charge in [-0.15, -0.1) is 0 Å². The monoisotopic (exact) mass is 403 g/mol. The molecule has 0 heterocycles. The fourth-order valence-corrected chi connectivity index (χ4v) is 1.98. The van der Waals surface area contributed by atoms with E-state index in [2.05, 4.69) is 76.2 Å². The number of rotatable bonds is 5. The van der Waals surface area contributed by atoms with Crippen molar-refractivity contribution in [3.05, 3.63) is 0 Å². The third-order valence-electron chi connectivity index (χ3n) is 3.60. The molecule has 0 aromatic rings. The molecule has 0 aliphatic heterocycles. The molecule has 0 aromatic carbocycles. The Bertz CT molecular complexity index is 169.